The molecule has 0 spiro atoms. The average molecular weight is 388 g/mol. The van der Waals surface area contributed by atoms with Gasteiger partial charge < -0.3 is 25.3 Å². The smallest absolute Gasteiger partial charge is 0.416 e. The summed E-state index contributed by atoms with van der Waals surface area (Å²) in [5, 5.41) is 20.0. The van der Waals surface area contributed by atoms with Gasteiger partial charge in [-0.05, 0) is 30.3 Å². The number of amides is 1. The summed E-state index contributed by atoms with van der Waals surface area (Å²) in [6.07, 6.45) is -2.92. The summed E-state index contributed by atoms with van der Waals surface area (Å²) in [5.74, 6) is -3.41. The third-order valence-corrected chi connectivity index (χ3v) is 2.82. The Morgan fingerprint density at radius 2 is 1.70 bits per heavy atom. The molecule has 27 heavy (non-hydrogen) atoms. The first-order valence-electron chi connectivity index (χ1n) is 7.26. The topological polar surface area (TPSA) is 129 Å². The second kappa shape index (κ2) is 9.97. The highest BCUT2D eigenvalue weighted by Gasteiger charge is 2.30. The summed E-state index contributed by atoms with van der Waals surface area (Å²) in [6, 6.07) is 7.96. The predicted molar refractivity (Wildman–Crippen MR) is 85.8 cm³/mol. The summed E-state index contributed by atoms with van der Waals surface area (Å²) < 4.78 is 42.7. The predicted octanol–water partition coefficient (Wildman–Crippen LogP) is 2.18. The van der Waals surface area contributed by atoms with E-state index in [2.05, 4.69) is 10.6 Å². The molecule has 0 unspecified atom stereocenters. The van der Waals surface area contributed by atoms with Crippen LogP contribution in [-0.4, -0.2) is 34.6 Å². The van der Waals surface area contributed by atoms with Gasteiger partial charge in [0.05, 0.1) is 24.9 Å². The number of halogens is 3. The standard InChI is InChI=1S/C14H13F3N2O2.C2H2O4/c15-14(16,17)10-3-1-4-11(7-10)19-13(20)9-18-8-12-5-2-6-21-12;3-1(4)2(5)6/h1-7,18H,8-9H2,(H,19,20);(H,3,4)(H,5,6). The quantitative estimate of drug-likeness (QED) is 0.578. The molecule has 0 atom stereocenters. The van der Waals surface area contributed by atoms with Crippen LogP contribution in [-0.2, 0) is 27.1 Å². The van der Waals surface area contributed by atoms with Crippen LogP contribution < -0.4 is 10.6 Å². The molecule has 2 aromatic rings. The fourth-order valence-corrected chi connectivity index (χ4v) is 1.69. The number of aliphatic carboxylic acids is 2. The second-order valence-corrected chi connectivity index (χ2v) is 4.92. The molecule has 8 nitrogen and oxygen atoms in total. The van der Waals surface area contributed by atoms with Crippen molar-refractivity contribution in [3.05, 3.63) is 54.0 Å². The third-order valence-electron chi connectivity index (χ3n) is 2.82. The van der Waals surface area contributed by atoms with Gasteiger partial charge in [0.1, 0.15) is 5.76 Å². The summed E-state index contributed by atoms with van der Waals surface area (Å²) in [7, 11) is 0. The van der Waals surface area contributed by atoms with Crippen molar-refractivity contribution in [2.45, 2.75) is 12.7 Å². The van der Waals surface area contributed by atoms with Crippen LogP contribution in [0.15, 0.2) is 47.1 Å². The van der Waals surface area contributed by atoms with Crippen LogP contribution in [0, 0.1) is 0 Å². The molecule has 1 heterocycles. The molecule has 4 N–H and O–H groups in total. The lowest BCUT2D eigenvalue weighted by molar-refractivity contribution is -0.159. The lowest BCUT2D eigenvalue weighted by atomic mass is 10.2. The molecule has 0 aliphatic heterocycles. The van der Waals surface area contributed by atoms with E-state index < -0.39 is 29.6 Å². The molecule has 0 bridgehead atoms. The Morgan fingerprint density at radius 1 is 1.04 bits per heavy atom. The van der Waals surface area contributed by atoms with Gasteiger partial charge in [-0.2, -0.15) is 13.2 Å². The highest BCUT2D eigenvalue weighted by molar-refractivity contribution is 6.27. The first-order chi connectivity index (χ1) is 12.6. The largest absolute Gasteiger partial charge is 0.473 e. The van der Waals surface area contributed by atoms with Gasteiger partial charge in [0.15, 0.2) is 0 Å². The second-order valence-electron chi connectivity index (χ2n) is 4.92. The van der Waals surface area contributed by atoms with Gasteiger partial charge in [-0.25, -0.2) is 9.59 Å². The monoisotopic (exact) mass is 388 g/mol. The van der Waals surface area contributed by atoms with Gasteiger partial charge in [-0.3, -0.25) is 4.79 Å². The Morgan fingerprint density at radius 3 is 2.22 bits per heavy atom. The normalized spacial score (nSPS) is 10.5. The van der Waals surface area contributed by atoms with Gasteiger partial charge in [-0.15, -0.1) is 0 Å². The van der Waals surface area contributed by atoms with Crippen LogP contribution in [0.4, 0.5) is 18.9 Å². The van der Waals surface area contributed by atoms with Gasteiger partial charge >= 0.3 is 18.1 Å². The summed E-state index contributed by atoms with van der Waals surface area (Å²) in [6.45, 7) is 0.333. The van der Waals surface area contributed by atoms with Crippen molar-refractivity contribution in [3.8, 4) is 0 Å². The Balaban J connectivity index is 0.000000527. The number of carbonyl (C=O) groups is 3. The van der Waals surface area contributed by atoms with E-state index in [9.17, 15) is 18.0 Å². The zero-order valence-corrected chi connectivity index (χ0v) is 13.6. The van der Waals surface area contributed by atoms with Crippen LogP contribution in [0.1, 0.15) is 11.3 Å². The number of carboxylic acids is 2. The zero-order valence-electron chi connectivity index (χ0n) is 13.6. The Kier molecular flexibility index (Phi) is 8.01. The highest BCUT2D eigenvalue weighted by atomic mass is 19.4. The maximum absolute atomic E-state index is 12.5. The van der Waals surface area contributed by atoms with Gasteiger partial charge in [-0.1, -0.05) is 6.07 Å². The van der Waals surface area contributed by atoms with Gasteiger partial charge in [0.2, 0.25) is 5.91 Å². The number of benzene rings is 1. The molecule has 1 aromatic carbocycles. The van der Waals surface area contributed by atoms with E-state index in [-0.39, 0.29) is 12.2 Å². The van der Waals surface area contributed by atoms with E-state index in [1.54, 1.807) is 12.1 Å². The molecule has 0 fully saturated rings. The first kappa shape index (κ1) is 21.7. The van der Waals surface area contributed by atoms with Crippen LogP contribution in [0.3, 0.4) is 0 Å². The number of carbonyl (C=O) groups excluding carboxylic acids is 1. The molecule has 0 aliphatic rings. The molecular weight excluding hydrogens is 373 g/mol. The maximum atomic E-state index is 12.5. The number of hydrogen-bond acceptors (Lipinski definition) is 5. The van der Waals surface area contributed by atoms with Crippen molar-refractivity contribution < 1.29 is 42.2 Å². The molecule has 0 saturated carbocycles. The number of anilines is 1. The van der Waals surface area contributed by atoms with Crippen molar-refractivity contribution in [2.24, 2.45) is 0 Å². The SMILES string of the molecule is O=C(CNCc1ccco1)Nc1cccc(C(F)(F)F)c1.O=C(O)C(=O)O. The lowest BCUT2D eigenvalue weighted by Crippen LogP contribution is -2.27. The molecule has 0 radical (unpaired) electrons. The lowest BCUT2D eigenvalue weighted by Gasteiger charge is -2.10. The number of hydrogen-bond donors (Lipinski definition) is 4. The van der Waals surface area contributed by atoms with E-state index in [0.29, 0.717) is 12.3 Å². The van der Waals surface area contributed by atoms with Crippen molar-refractivity contribution in [1.82, 2.24) is 5.32 Å². The Bertz CT molecular complexity index is 763. The van der Waals surface area contributed by atoms with Gasteiger partial charge in [0.25, 0.3) is 0 Å². The van der Waals surface area contributed by atoms with Crippen LogP contribution in [0.2, 0.25) is 0 Å². The van der Waals surface area contributed by atoms with Crippen LogP contribution >= 0.6 is 0 Å². The molecule has 0 saturated heterocycles. The third kappa shape index (κ3) is 8.54. The summed E-state index contributed by atoms with van der Waals surface area (Å²) in [4.78, 5) is 29.8. The van der Waals surface area contributed by atoms with E-state index in [1.165, 1.54) is 18.4 Å². The van der Waals surface area contributed by atoms with Crippen LogP contribution in [0.25, 0.3) is 0 Å². The maximum Gasteiger partial charge on any atom is 0.416 e. The van der Waals surface area contributed by atoms with E-state index in [1.807, 2.05) is 0 Å². The fourth-order valence-electron chi connectivity index (χ4n) is 1.69. The summed E-state index contributed by atoms with van der Waals surface area (Å²) in [5.41, 5.74) is -0.696. The molecule has 0 aliphatic carbocycles. The average Bonchev–Trinajstić information content (AvgIpc) is 3.08. The minimum absolute atomic E-state index is 0.0308. The van der Waals surface area contributed by atoms with Crippen LogP contribution in [0.5, 0.6) is 0 Å². The molecule has 1 amide bonds. The van der Waals surface area contributed by atoms with Crippen molar-refractivity contribution in [1.29, 1.82) is 0 Å². The number of rotatable bonds is 5. The van der Waals surface area contributed by atoms with Crippen molar-refractivity contribution >= 4 is 23.5 Å². The number of nitrogens with one attached hydrogen (secondary N) is 2. The Labute approximate surface area is 150 Å². The summed E-state index contributed by atoms with van der Waals surface area (Å²) >= 11 is 0. The van der Waals surface area contributed by atoms with E-state index in [4.69, 9.17) is 24.2 Å². The zero-order chi connectivity index (χ0) is 20.4. The number of furan rings is 1. The molecular formula is C16H15F3N2O6. The van der Waals surface area contributed by atoms with Crippen molar-refractivity contribution in [2.75, 3.05) is 11.9 Å². The van der Waals surface area contributed by atoms with Crippen molar-refractivity contribution in [3.63, 3.8) is 0 Å². The fraction of sp³-hybridized carbons (Fsp3) is 0.188. The molecule has 2 rings (SSSR count). The first-order valence-corrected chi connectivity index (χ1v) is 7.26. The minimum atomic E-state index is -4.43. The highest BCUT2D eigenvalue weighted by Crippen LogP contribution is 2.30. The van der Waals surface area contributed by atoms with E-state index >= 15 is 0 Å². The number of alkyl halides is 3. The molecule has 146 valence electrons. The molecule has 11 heteroatoms. The van der Waals surface area contributed by atoms with Gasteiger partial charge in [0, 0.05) is 5.69 Å². The minimum Gasteiger partial charge on any atom is -0.473 e. The number of carboxylic acid groups (broad SMARTS) is 2. The van der Waals surface area contributed by atoms with E-state index in [0.717, 1.165) is 12.1 Å². The molecule has 1 aromatic heterocycles. The Hall–Kier alpha value is -3.34.